The zero-order valence-corrected chi connectivity index (χ0v) is 11.2. The standard InChI is InChI=1S/C11H21NO6/c1-5-16-6-7-17-11(12,8(13)14)9(15)18-10(2,3)4/h5-7,12H2,1-4H3,(H,13,14). The van der Waals surface area contributed by atoms with Gasteiger partial charge in [-0.25, -0.2) is 9.59 Å². The Morgan fingerprint density at radius 1 is 1.22 bits per heavy atom. The van der Waals surface area contributed by atoms with Gasteiger partial charge in [0.2, 0.25) is 0 Å². The second kappa shape index (κ2) is 6.67. The van der Waals surface area contributed by atoms with Crippen LogP contribution in [-0.4, -0.2) is 48.2 Å². The molecular formula is C11H21NO6. The first-order chi connectivity index (χ1) is 8.13. The smallest absolute Gasteiger partial charge is 0.366 e. The molecule has 0 fully saturated rings. The van der Waals surface area contributed by atoms with Gasteiger partial charge in [0.1, 0.15) is 5.60 Å². The van der Waals surface area contributed by atoms with E-state index in [9.17, 15) is 9.59 Å². The minimum Gasteiger partial charge on any atom is -0.478 e. The fourth-order valence-corrected chi connectivity index (χ4v) is 0.968. The molecule has 0 aliphatic carbocycles. The fraction of sp³-hybridized carbons (Fsp3) is 0.818. The molecular weight excluding hydrogens is 242 g/mol. The van der Waals surface area contributed by atoms with E-state index < -0.39 is 23.3 Å². The number of carbonyl (C=O) groups excluding carboxylic acids is 1. The topological polar surface area (TPSA) is 108 Å². The Bertz CT molecular complexity index is 298. The van der Waals surface area contributed by atoms with Gasteiger partial charge in [-0.15, -0.1) is 0 Å². The molecule has 0 aliphatic heterocycles. The first-order valence-corrected chi connectivity index (χ1v) is 5.61. The van der Waals surface area contributed by atoms with Crippen LogP contribution >= 0.6 is 0 Å². The molecule has 106 valence electrons. The lowest BCUT2D eigenvalue weighted by Gasteiger charge is -2.27. The van der Waals surface area contributed by atoms with Crippen LogP contribution in [0.4, 0.5) is 0 Å². The Morgan fingerprint density at radius 2 is 1.78 bits per heavy atom. The molecule has 0 heterocycles. The average molecular weight is 263 g/mol. The summed E-state index contributed by atoms with van der Waals surface area (Å²) in [6.45, 7) is 7.08. The van der Waals surface area contributed by atoms with Crippen molar-refractivity contribution in [3.8, 4) is 0 Å². The molecule has 18 heavy (non-hydrogen) atoms. The highest BCUT2D eigenvalue weighted by atomic mass is 16.6. The predicted octanol–water partition coefficient (Wildman–Crippen LogP) is 0.121. The zero-order valence-electron chi connectivity index (χ0n) is 11.2. The van der Waals surface area contributed by atoms with Gasteiger partial charge in [0.05, 0.1) is 13.2 Å². The number of carbonyl (C=O) groups is 2. The monoisotopic (exact) mass is 263 g/mol. The largest absolute Gasteiger partial charge is 0.478 e. The average Bonchev–Trinajstić information content (AvgIpc) is 2.21. The number of rotatable bonds is 7. The lowest BCUT2D eigenvalue weighted by atomic mass is 10.1. The Kier molecular flexibility index (Phi) is 6.23. The van der Waals surface area contributed by atoms with Crippen molar-refractivity contribution in [2.24, 2.45) is 5.73 Å². The van der Waals surface area contributed by atoms with E-state index >= 15 is 0 Å². The van der Waals surface area contributed by atoms with Crippen molar-refractivity contribution in [3.63, 3.8) is 0 Å². The molecule has 0 saturated carbocycles. The van der Waals surface area contributed by atoms with Gasteiger partial charge in [0.25, 0.3) is 0 Å². The maximum Gasteiger partial charge on any atom is 0.366 e. The van der Waals surface area contributed by atoms with Crippen LogP contribution in [0.5, 0.6) is 0 Å². The van der Waals surface area contributed by atoms with Crippen molar-refractivity contribution in [2.45, 2.75) is 39.0 Å². The summed E-state index contributed by atoms with van der Waals surface area (Å²) >= 11 is 0. The maximum absolute atomic E-state index is 11.7. The van der Waals surface area contributed by atoms with Crippen LogP contribution < -0.4 is 5.73 Å². The quantitative estimate of drug-likeness (QED) is 0.290. The molecule has 0 amide bonds. The highest BCUT2D eigenvalue weighted by Crippen LogP contribution is 2.14. The van der Waals surface area contributed by atoms with Gasteiger partial charge in [0.15, 0.2) is 0 Å². The number of esters is 1. The molecule has 0 aromatic heterocycles. The second-order valence-electron chi connectivity index (χ2n) is 4.59. The molecule has 0 spiro atoms. The van der Waals surface area contributed by atoms with Gasteiger partial charge in [-0.1, -0.05) is 0 Å². The second-order valence-corrected chi connectivity index (χ2v) is 4.59. The van der Waals surface area contributed by atoms with Gasteiger partial charge >= 0.3 is 17.7 Å². The fourth-order valence-electron chi connectivity index (χ4n) is 0.968. The van der Waals surface area contributed by atoms with E-state index in [0.29, 0.717) is 6.61 Å². The summed E-state index contributed by atoms with van der Waals surface area (Å²) in [5.74, 6) is -2.74. The summed E-state index contributed by atoms with van der Waals surface area (Å²) in [4.78, 5) is 22.7. The molecule has 1 atom stereocenters. The summed E-state index contributed by atoms with van der Waals surface area (Å²) in [5.41, 5.74) is 2.07. The van der Waals surface area contributed by atoms with E-state index in [2.05, 4.69) is 0 Å². The molecule has 0 saturated heterocycles. The highest BCUT2D eigenvalue weighted by Gasteiger charge is 2.47. The van der Waals surface area contributed by atoms with Crippen LogP contribution in [0.3, 0.4) is 0 Å². The number of hydrogen-bond acceptors (Lipinski definition) is 6. The van der Waals surface area contributed by atoms with E-state index in [1.54, 1.807) is 27.7 Å². The molecule has 0 aromatic rings. The van der Waals surface area contributed by atoms with Crippen LogP contribution in [0.1, 0.15) is 27.7 Å². The minimum atomic E-state index is -2.51. The van der Waals surface area contributed by atoms with Crippen molar-refractivity contribution in [3.05, 3.63) is 0 Å². The van der Waals surface area contributed by atoms with E-state index in [1.165, 1.54) is 0 Å². The maximum atomic E-state index is 11.7. The highest BCUT2D eigenvalue weighted by molar-refractivity contribution is 6.02. The molecule has 1 unspecified atom stereocenters. The predicted molar refractivity (Wildman–Crippen MR) is 62.8 cm³/mol. The lowest BCUT2D eigenvalue weighted by molar-refractivity contribution is -0.195. The molecule has 0 radical (unpaired) electrons. The number of carboxylic acids is 1. The Balaban J connectivity index is 4.61. The molecule has 0 aliphatic rings. The van der Waals surface area contributed by atoms with Crippen LogP contribution in [0.15, 0.2) is 0 Å². The van der Waals surface area contributed by atoms with Gasteiger partial charge in [-0.2, -0.15) is 0 Å². The Morgan fingerprint density at radius 3 is 2.17 bits per heavy atom. The van der Waals surface area contributed by atoms with E-state index in [4.69, 9.17) is 25.1 Å². The van der Waals surface area contributed by atoms with Gasteiger partial charge in [-0.05, 0) is 27.7 Å². The molecule has 0 bridgehead atoms. The number of aliphatic carboxylic acids is 1. The zero-order chi connectivity index (χ0) is 14.4. The van der Waals surface area contributed by atoms with E-state index in [0.717, 1.165) is 0 Å². The molecule has 0 rings (SSSR count). The molecule has 7 heteroatoms. The lowest BCUT2D eigenvalue weighted by Crippen LogP contribution is -2.59. The molecule has 3 N–H and O–H groups in total. The molecule has 0 aromatic carbocycles. The Hall–Kier alpha value is -1.18. The number of ether oxygens (including phenoxy) is 3. The summed E-state index contributed by atoms with van der Waals surface area (Å²) in [6.07, 6.45) is 0. The van der Waals surface area contributed by atoms with Crippen molar-refractivity contribution >= 4 is 11.9 Å². The summed E-state index contributed by atoms with van der Waals surface area (Å²) in [6, 6.07) is 0. The first kappa shape index (κ1) is 16.8. The van der Waals surface area contributed by atoms with Crippen LogP contribution in [-0.2, 0) is 23.8 Å². The van der Waals surface area contributed by atoms with Crippen LogP contribution in [0.25, 0.3) is 0 Å². The van der Waals surface area contributed by atoms with Crippen molar-refractivity contribution in [1.29, 1.82) is 0 Å². The third-order valence-electron chi connectivity index (χ3n) is 1.78. The number of carboxylic acid groups (broad SMARTS) is 1. The number of hydrogen-bond donors (Lipinski definition) is 2. The van der Waals surface area contributed by atoms with Crippen LogP contribution in [0.2, 0.25) is 0 Å². The van der Waals surface area contributed by atoms with Crippen molar-refractivity contribution in [1.82, 2.24) is 0 Å². The van der Waals surface area contributed by atoms with Gasteiger partial charge < -0.3 is 19.3 Å². The third kappa shape index (κ3) is 5.44. The summed E-state index contributed by atoms with van der Waals surface area (Å²) in [7, 11) is 0. The summed E-state index contributed by atoms with van der Waals surface area (Å²) in [5, 5.41) is 8.96. The van der Waals surface area contributed by atoms with Crippen LogP contribution in [0, 0.1) is 0 Å². The van der Waals surface area contributed by atoms with Crippen molar-refractivity contribution in [2.75, 3.05) is 19.8 Å². The normalized spacial score (nSPS) is 14.9. The van der Waals surface area contributed by atoms with E-state index in [1.807, 2.05) is 0 Å². The SMILES string of the molecule is CCOCCOC(N)(C(=O)O)C(=O)OC(C)(C)C. The molecule has 7 nitrogen and oxygen atoms in total. The van der Waals surface area contributed by atoms with E-state index in [-0.39, 0.29) is 13.2 Å². The first-order valence-electron chi connectivity index (χ1n) is 5.61. The minimum absolute atomic E-state index is 0.115. The summed E-state index contributed by atoms with van der Waals surface area (Å²) < 4.78 is 14.8. The van der Waals surface area contributed by atoms with Gasteiger partial charge in [0, 0.05) is 6.61 Å². The van der Waals surface area contributed by atoms with Gasteiger partial charge in [-0.3, -0.25) is 5.73 Å². The van der Waals surface area contributed by atoms with Crippen molar-refractivity contribution < 1.29 is 28.9 Å². The third-order valence-corrected chi connectivity index (χ3v) is 1.78. The Labute approximate surface area is 106 Å². The number of nitrogens with two attached hydrogens (primary N) is 1.